The fraction of sp³-hybridized carbons (Fsp3) is 0.111. The first-order valence-electron chi connectivity index (χ1n) is 8.04. The van der Waals surface area contributed by atoms with Crippen molar-refractivity contribution in [3.63, 3.8) is 0 Å². The number of imidazole rings is 1. The summed E-state index contributed by atoms with van der Waals surface area (Å²) in [6.45, 7) is 0. The molecule has 9 heteroatoms. The second-order valence-electron chi connectivity index (χ2n) is 5.68. The molecule has 0 fully saturated rings. The summed E-state index contributed by atoms with van der Waals surface area (Å²) < 4.78 is 8.14. The fourth-order valence-corrected chi connectivity index (χ4v) is 3.68. The lowest BCUT2D eigenvalue weighted by atomic mass is 10.3. The van der Waals surface area contributed by atoms with Crippen LogP contribution in [0.2, 0.25) is 0 Å². The Balaban J connectivity index is 1.58. The van der Waals surface area contributed by atoms with Gasteiger partial charge >= 0.3 is 0 Å². The molecule has 0 atom stereocenters. The maximum absolute atomic E-state index is 12.5. The number of anilines is 1. The number of thiazole rings is 1. The van der Waals surface area contributed by atoms with Crippen LogP contribution >= 0.6 is 11.3 Å². The zero-order valence-corrected chi connectivity index (χ0v) is 15.3. The summed E-state index contributed by atoms with van der Waals surface area (Å²) in [5.74, 6) is 0.144. The summed E-state index contributed by atoms with van der Waals surface area (Å²) in [7, 11) is 3.16. The van der Waals surface area contributed by atoms with Crippen LogP contribution in [0.5, 0.6) is 5.75 Å². The molecule has 4 rings (SSSR count). The Morgan fingerprint density at radius 1 is 1.15 bits per heavy atom. The molecule has 27 heavy (non-hydrogen) atoms. The zero-order valence-electron chi connectivity index (χ0n) is 14.5. The highest BCUT2D eigenvalue weighted by Crippen LogP contribution is 2.29. The molecule has 3 heterocycles. The van der Waals surface area contributed by atoms with Crippen molar-refractivity contribution in [3.8, 4) is 5.75 Å². The number of amides is 2. The molecule has 0 aliphatic heterocycles. The molecule has 3 aromatic heterocycles. The Kier molecular flexibility index (Phi) is 4.21. The van der Waals surface area contributed by atoms with E-state index in [1.54, 1.807) is 25.4 Å². The number of nitrogens with one attached hydrogen (secondary N) is 2. The second kappa shape index (κ2) is 6.69. The van der Waals surface area contributed by atoms with Crippen LogP contribution in [0.3, 0.4) is 0 Å². The predicted octanol–water partition coefficient (Wildman–Crippen LogP) is 2.56. The number of carbonyl (C=O) groups is 2. The third kappa shape index (κ3) is 3.08. The van der Waals surface area contributed by atoms with E-state index >= 15 is 0 Å². The summed E-state index contributed by atoms with van der Waals surface area (Å²) in [5.41, 5.74) is 2.02. The van der Waals surface area contributed by atoms with Gasteiger partial charge in [0.2, 0.25) is 0 Å². The lowest BCUT2D eigenvalue weighted by Gasteiger charge is -2.04. The van der Waals surface area contributed by atoms with Crippen molar-refractivity contribution in [1.29, 1.82) is 0 Å². The largest absolute Gasteiger partial charge is 0.497 e. The smallest absolute Gasteiger partial charge is 0.275 e. The number of ether oxygens (including phenoxy) is 1. The van der Waals surface area contributed by atoms with Gasteiger partial charge in [-0.1, -0.05) is 11.3 Å². The number of rotatable bonds is 4. The lowest BCUT2D eigenvalue weighted by molar-refractivity contribution is 0.0957. The van der Waals surface area contributed by atoms with E-state index in [4.69, 9.17) is 4.74 Å². The Bertz CT molecular complexity index is 1160. The van der Waals surface area contributed by atoms with Crippen molar-refractivity contribution < 1.29 is 14.3 Å². The van der Waals surface area contributed by atoms with Crippen molar-refractivity contribution in [3.05, 3.63) is 54.1 Å². The van der Waals surface area contributed by atoms with E-state index in [-0.39, 0.29) is 17.5 Å². The third-order valence-corrected chi connectivity index (χ3v) is 5.03. The van der Waals surface area contributed by atoms with E-state index in [1.165, 1.54) is 24.6 Å². The van der Waals surface area contributed by atoms with Gasteiger partial charge in [0.05, 0.1) is 29.2 Å². The molecule has 0 bridgehead atoms. The summed E-state index contributed by atoms with van der Waals surface area (Å²) in [6, 6.07) is 8.90. The first-order valence-corrected chi connectivity index (χ1v) is 8.86. The van der Waals surface area contributed by atoms with Gasteiger partial charge in [0.1, 0.15) is 17.1 Å². The van der Waals surface area contributed by atoms with E-state index in [2.05, 4.69) is 20.6 Å². The van der Waals surface area contributed by atoms with Gasteiger partial charge < -0.3 is 15.4 Å². The number of hydrogen-bond donors (Lipinski definition) is 2. The number of carbonyl (C=O) groups excluding carboxylic acids is 2. The van der Waals surface area contributed by atoms with E-state index in [0.717, 1.165) is 20.9 Å². The number of methoxy groups -OCH3 is 1. The number of pyridine rings is 1. The highest BCUT2D eigenvalue weighted by atomic mass is 32.1. The quantitative estimate of drug-likeness (QED) is 0.566. The first-order chi connectivity index (χ1) is 13.1. The molecule has 0 radical (unpaired) electrons. The maximum Gasteiger partial charge on any atom is 0.275 e. The number of aromatic nitrogens is 3. The third-order valence-electron chi connectivity index (χ3n) is 4.02. The molecule has 0 saturated heterocycles. The molecule has 8 nitrogen and oxygen atoms in total. The normalized spacial score (nSPS) is 10.9. The van der Waals surface area contributed by atoms with Crippen molar-refractivity contribution in [2.75, 3.05) is 19.5 Å². The molecule has 2 N–H and O–H groups in total. The Morgan fingerprint density at radius 3 is 2.70 bits per heavy atom. The van der Waals surface area contributed by atoms with Crippen molar-refractivity contribution in [2.45, 2.75) is 0 Å². The van der Waals surface area contributed by atoms with Gasteiger partial charge in [-0.2, -0.15) is 0 Å². The lowest BCUT2D eigenvalue weighted by Crippen LogP contribution is -2.19. The summed E-state index contributed by atoms with van der Waals surface area (Å²) in [5, 5.41) is 5.23. The summed E-state index contributed by atoms with van der Waals surface area (Å²) >= 11 is 1.48. The van der Waals surface area contributed by atoms with E-state index < -0.39 is 0 Å². The van der Waals surface area contributed by atoms with Crippen LogP contribution in [0.4, 0.5) is 5.69 Å². The summed E-state index contributed by atoms with van der Waals surface area (Å²) in [4.78, 5) is 33.1. The van der Waals surface area contributed by atoms with Gasteiger partial charge in [-0.05, 0) is 30.3 Å². The molecule has 4 aromatic rings. The van der Waals surface area contributed by atoms with Gasteiger partial charge in [0.15, 0.2) is 4.96 Å². The van der Waals surface area contributed by atoms with Crippen LogP contribution in [0, 0.1) is 0 Å². The fourth-order valence-electron chi connectivity index (χ4n) is 2.64. The van der Waals surface area contributed by atoms with Crippen LogP contribution in [0.25, 0.3) is 15.2 Å². The van der Waals surface area contributed by atoms with Gasteiger partial charge in [-0.15, -0.1) is 0 Å². The molecule has 0 saturated carbocycles. The number of fused-ring (bicyclic) bond motifs is 3. The molecule has 136 valence electrons. The van der Waals surface area contributed by atoms with Crippen molar-refractivity contribution in [1.82, 2.24) is 19.7 Å². The molecular formula is C18H15N5O3S. The molecule has 0 aliphatic rings. The Hall–Kier alpha value is -3.46. The van der Waals surface area contributed by atoms with Gasteiger partial charge in [-0.25, -0.2) is 9.97 Å². The van der Waals surface area contributed by atoms with E-state index in [1.807, 2.05) is 22.6 Å². The van der Waals surface area contributed by atoms with Crippen molar-refractivity contribution >= 4 is 44.0 Å². The highest BCUT2D eigenvalue weighted by Gasteiger charge is 2.15. The minimum Gasteiger partial charge on any atom is -0.497 e. The van der Waals surface area contributed by atoms with Gasteiger partial charge in [0.25, 0.3) is 11.8 Å². The summed E-state index contributed by atoms with van der Waals surface area (Å²) in [6.07, 6.45) is 3.13. The van der Waals surface area contributed by atoms with Crippen LogP contribution in [0.1, 0.15) is 21.0 Å². The van der Waals surface area contributed by atoms with Crippen LogP contribution in [-0.2, 0) is 0 Å². The highest BCUT2D eigenvalue weighted by molar-refractivity contribution is 7.23. The van der Waals surface area contributed by atoms with E-state index in [0.29, 0.717) is 11.4 Å². The molecule has 0 aliphatic carbocycles. The minimum atomic E-state index is -0.345. The van der Waals surface area contributed by atoms with Gasteiger partial charge in [-0.3, -0.25) is 14.0 Å². The van der Waals surface area contributed by atoms with Crippen molar-refractivity contribution in [2.24, 2.45) is 0 Å². The van der Waals surface area contributed by atoms with Gasteiger partial charge in [0, 0.05) is 13.2 Å². The second-order valence-corrected chi connectivity index (χ2v) is 6.69. The molecule has 0 spiro atoms. The topological polar surface area (TPSA) is 97.6 Å². The Labute approximate surface area is 157 Å². The number of nitrogens with zero attached hydrogens (tertiary/aromatic N) is 3. The number of benzene rings is 1. The predicted molar refractivity (Wildman–Crippen MR) is 103 cm³/mol. The average molecular weight is 381 g/mol. The van der Waals surface area contributed by atoms with Crippen LogP contribution < -0.4 is 15.4 Å². The zero-order chi connectivity index (χ0) is 19.0. The molecule has 0 unspecified atom stereocenters. The average Bonchev–Trinajstić information content (AvgIpc) is 3.25. The number of hydrogen-bond acceptors (Lipinski definition) is 6. The standard InChI is InChI=1S/C18H15N5O3S/c1-19-16(24)12-5-3-10(8-20-12)21-17(25)13-9-23-14-6-4-11(26-2)7-15(14)27-18(23)22-13/h3-9H,1-2H3,(H,19,24)(H,21,25). The first kappa shape index (κ1) is 17.0. The molecular weight excluding hydrogens is 366 g/mol. The monoisotopic (exact) mass is 381 g/mol. The van der Waals surface area contributed by atoms with Crippen LogP contribution in [-0.4, -0.2) is 40.3 Å². The Morgan fingerprint density at radius 2 is 2.00 bits per heavy atom. The maximum atomic E-state index is 12.5. The van der Waals surface area contributed by atoms with E-state index in [9.17, 15) is 9.59 Å². The molecule has 1 aromatic carbocycles. The molecule has 2 amide bonds. The SMILES string of the molecule is CNC(=O)c1ccc(NC(=O)c2cn3c(n2)sc2cc(OC)ccc23)cn1. The van der Waals surface area contributed by atoms with Crippen LogP contribution in [0.15, 0.2) is 42.7 Å². The minimum absolute atomic E-state index is 0.278.